The lowest BCUT2D eigenvalue weighted by Gasteiger charge is -2.55. The predicted molar refractivity (Wildman–Crippen MR) is 138 cm³/mol. The molecule has 2 spiro atoms. The normalized spacial score (nSPS) is 38.5. The molecule has 3 heteroatoms. The Kier molecular flexibility index (Phi) is 4.17. The SMILES string of the molecule is C[C@]12CC=C3C=C4CC[C@@H]([N+](C)(C)[O-])C[C@]45CCC3(O5)[C@@H]1CC=C2c1ccc2ccccc2c1. The molecule has 1 saturated heterocycles. The van der Waals surface area contributed by atoms with Gasteiger partial charge in [0.2, 0.25) is 0 Å². The van der Waals surface area contributed by atoms with Gasteiger partial charge in [-0.05, 0) is 71.2 Å². The molecule has 1 saturated carbocycles. The van der Waals surface area contributed by atoms with Crippen molar-refractivity contribution in [1.82, 2.24) is 0 Å². The van der Waals surface area contributed by atoms with Crippen LogP contribution in [0.5, 0.6) is 0 Å². The second-order valence-electron chi connectivity index (χ2n) is 12.2. The molecule has 2 aromatic carbocycles. The zero-order chi connectivity index (χ0) is 23.3. The molecule has 34 heavy (non-hydrogen) atoms. The maximum absolute atomic E-state index is 12.9. The summed E-state index contributed by atoms with van der Waals surface area (Å²) < 4.78 is 7.12. The van der Waals surface area contributed by atoms with Crippen molar-refractivity contribution in [2.75, 3.05) is 14.1 Å². The fourth-order valence-corrected chi connectivity index (χ4v) is 8.30. The Bertz CT molecular complexity index is 1300. The Morgan fingerprint density at radius 2 is 1.85 bits per heavy atom. The fraction of sp³-hybridized carbons (Fsp3) is 0.484. The van der Waals surface area contributed by atoms with Crippen LogP contribution in [0.2, 0.25) is 0 Å². The Morgan fingerprint density at radius 3 is 2.68 bits per heavy atom. The molecule has 5 aliphatic rings. The molecule has 176 valence electrons. The van der Waals surface area contributed by atoms with Crippen LogP contribution in [0.25, 0.3) is 16.3 Å². The van der Waals surface area contributed by atoms with E-state index in [9.17, 15) is 5.21 Å². The highest BCUT2D eigenvalue weighted by molar-refractivity contribution is 5.87. The van der Waals surface area contributed by atoms with E-state index >= 15 is 0 Å². The van der Waals surface area contributed by atoms with Crippen molar-refractivity contribution in [3.63, 3.8) is 0 Å². The maximum Gasteiger partial charge on any atom is 0.0980 e. The van der Waals surface area contributed by atoms with Crippen molar-refractivity contribution in [1.29, 1.82) is 0 Å². The summed E-state index contributed by atoms with van der Waals surface area (Å²) in [6, 6.07) is 15.7. The van der Waals surface area contributed by atoms with Gasteiger partial charge >= 0.3 is 0 Å². The average molecular weight is 454 g/mol. The van der Waals surface area contributed by atoms with Crippen LogP contribution in [-0.4, -0.2) is 36.0 Å². The van der Waals surface area contributed by atoms with E-state index in [1.807, 2.05) is 14.1 Å². The van der Waals surface area contributed by atoms with Gasteiger partial charge in [-0.3, -0.25) is 0 Å². The van der Waals surface area contributed by atoms with Gasteiger partial charge in [0, 0.05) is 24.2 Å². The van der Waals surface area contributed by atoms with Crippen LogP contribution in [0, 0.1) is 16.5 Å². The highest BCUT2D eigenvalue weighted by atomic mass is 16.5. The first-order chi connectivity index (χ1) is 16.2. The van der Waals surface area contributed by atoms with Crippen molar-refractivity contribution in [3.05, 3.63) is 82.6 Å². The van der Waals surface area contributed by atoms with E-state index in [1.54, 1.807) is 0 Å². The number of hydroxylamine groups is 3. The first-order valence-corrected chi connectivity index (χ1v) is 13.1. The third-order valence-corrected chi connectivity index (χ3v) is 10.2. The molecular weight excluding hydrogens is 418 g/mol. The van der Waals surface area contributed by atoms with Gasteiger partial charge < -0.3 is 14.6 Å². The van der Waals surface area contributed by atoms with E-state index < -0.39 is 0 Å². The topological polar surface area (TPSA) is 32.3 Å². The zero-order valence-electron chi connectivity index (χ0n) is 20.6. The smallest absolute Gasteiger partial charge is 0.0980 e. The Labute approximate surface area is 203 Å². The van der Waals surface area contributed by atoms with Crippen molar-refractivity contribution in [2.45, 2.75) is 69.1 Å². The summed E-state index contributed by atoms with van der Waals surface area (Å²) in [6.45, 7) is 2.47. The fourth-order valence-electron chi connectivity index (χ4n) is 8.30. The molecule has 2 bridgehead atoms. The van der Waals surface area contributed by atoms with E-state index in [2.05, 4.69) is 67.6 Å². The standard InChI is InChI=1S/C31H35NO2/c1-29-15-14-25-19-24-10-11-26(32(2,3)33)20-30(24)16-17-31(25,34-30)28(29)13-12-27(29)23-9-8-21-6-4-5-7-22(21)18-23/h4-9,12,14,18-19,26,28H,10-11,13,15-17,20H2,1-3H3/t26-,28-,29-,30-,31?/m1/s1. The molecule has 0 N–H and O–H groups in total. The molecule has 0 aromatic heterocycles. The van der Waals surface area contributed by atoms with Crippen LogP contribution in [0.4, 0.5) is 0 Å². The van der Waals surface area contributed by atoms with E-state index in [0.717, 1.165) is 44.9 Å². The Hall–Kier alpha value is -2.20. The van der Waals surface area contributed by atoms with Crippen LogP contribution >= 0.6 is 0 Å². The van der Waals surface area contributed by atoms with Crippen molar-refractivity contribution < 1.29 is 9.38 Å². The summed E-state index contributed by atoms with van der Waals surface area (Å²) in [7, 11) is 3.62. The van der Waals surface area contributed by atoms with Gasteiger partial charge in [0.05, 0.1) is 31.3 Å². The second-order valence-corrected chi connectivity index (χ2v) is 12.2. The summed E-state index contributed by atoms with van der Waals surface area (Å²) in [6.07, 6.45) is 14.6. The molecule has 7 rings (SSSR count). The molecule has 0 amide bonds. The first-order valence-electron chi connectivity index (χ1n) is 13.1. The summed E-state index contributed by atoms with van der Waals surface area (Å²) in [5.74, 6) is 0.453. The van der Waals surface area contributed by atoms with Crippen molar-refractivity contribution >= 4 is 16.3 Å². The van der Waals surface area contributed by atoms with Gasteiger partial charge in [0.25, 0.3) is 0 Å². The summed E-state index contributed by atoms with van der Waals surface area (Å²) in [5.41, 5.74) is 5.40. The Balaban J connectivity index is 1.27. The molecule has 2 heterocycles. The number of hydrogen-bond acceptors (Lipinski definition) is 2. The van der Waals surface area contributed by atoms with E-state index in [-0.39, 0.29) is 27.3 Å². The molecular formula is C31H35NO2. The number of ether oxygens (including phenoxy) is 1. The van der Waals surface area contributed by atoms with Gasteiger partial charge in [-0.25, -0.2) is 0 Å². The van der Waals surface area contributed by atoms with Crippen molar-refractivity contribution in [3.8, 4) is 0 Å². The number of fused-ring (bicyclic) bond motifs is 2. The van der Waals surface area contributed by atoms with E-state index in [1.165, 1.54) is 33.1 Å². The van der Waals surface area contributed by atoms with Crippen LogP contribution in [0.15, 0.2) is 71.8 Å². The van der Waals surface area contributed by atoms with Crippen LogP contribution in [0.1, 0.15) is 57.4 Å². The van der Waals surface area contributed by atoms with Gasteiger partial charge in [-0.15, -0.1) is 0 Å². The van der Waals surface area contributed by atoms with Crippen molar-refractivity contribution in [2.24, 2.45) is 11.3 Å². The largest absolute Gasteiger partial charge is 0.633 e. The number of hydrogen-bond donors (Lipinski definition) is 0. The number of quaternary nitrogens is 1. The van der Waals surface area contributed by atoms with Gasteiger partial charge in [0.15, 0.2) is 0 Å². The average Bonchev–Trinajstić information content (AvgIpc) is 3.33. The zero-order valence-corrected chi connectivity index (χ0v) is 20.6. The van der Waals surface area contributed by atoms with E-state index in [0.29, 0.717) is 5.92 Å². The summed E-state index contributed by atoms with van der Waals surface area (Å²) >= 11 is 0. The maximum atomic E-state index is 12.9. The lowest BCUT2D eigenvalue weighted by Crippen LogP contribution is -2.56. The van der Waals surface area contributed by atoms with Crippen LogP contribution in [0.3, 0.4) is 0 Å². The molecule has 1 unspecified atom stereocenters. The van der Waals surface area contributed by atoms with E-state index in [4.69, 9.17) is 4.74 Å². The van der Waals surface area contributed by atoms with Gasteiger partial charge in [-0.1, -0.05) is 61.5 Å². The molecule has 2 aliphatic heterocycles. The first kappa shape index (κ1) is 21.1. The molecule has 2 fully saturated rings. The molecule has 0 radical (unpaired) electrons. The van der Waals surface area contributed by atoms with Gasteiger partial charge in [0.1, 0.15) is 0 Å². The van der Waals surface area contributed by atoms with Crippen LogP contribution in [-0.2, 0) is 4.74 Å². The third-order valence-electron chi connectivity index (χ3n) is 10.2. The highest BCUT2D eigenvalue weighted by Gasteiger charge is 2.65. The lowest BCUT2D eigenvalue weighted by atomic mass is 9.58. The van der Waals surface area contributed by atoms with Crippen LogP contribution < -0.4 is 0 Å². The summed E-state index contributed by atoms with van der Waals surface area (Å²) in [5, 5.41) is 15.5. The Morgan fingerprint density at radius 1 is 1.03 bits per heavy atom. The lowest BCUT2D eigenvalue weighted by molar-refractivity contribution is -0.869. The minimum atomic E-state index is -0.218. The van der Waals surface area contributed by atoms with Gasteiger partial charge in [-0.2, -0.15) is 0 Å². The molecule has 5 atom stereocenters. The molecule has 3 nitrogen and oxygen atoms in total. The minimum Gasteiger partial charge on any atom is -0.633 e. The molecule has 3 aliphatic carbocycles. The number of benzene rings is 2. The quantitative estimate of drug-likeness (QED) is 0.365. The number of allylic oxidation sites excluding steroid dienone is 3. The third kappa shape index (κ3) is 2.69. The molecule has 2 aromatic rings. The number of rotatable bonds is 2. The second kappa shape index (κ2) is 6.72. The number of nitrogens with zero attached hydrogens (tertiary/aromatic N) is 1. The summed E-state index contributed by atoms with van der Waals surface area (Å²) in [4.78, 5) is 0. The minimum absolute atomic E-state index is 0.0742. The predicted octanol–water partition coefficient (Wildman–Crippen LogP) is 6.93. The monoisotopic (exact) mass is 453 g/mol. The highest BCUT2D eigenvalue weighted by Crippen LogP contribution is 2.67.